The predicted molar refractivity (Wildman–Crippen MR) is 99.5 cm³/mol. The Labute approximate surface area is 153 Å². The fourth-order valence-corrected chi connectivity index (χ4v) is 3.69. The third kappa shape index (κ3) is 2.57. The van der Waals surface area contributed by atoms with Gasteiger partial charge in [-0.25, -0.2) is 4.98 Å². The molecule has 25 heavy (non-hydrogen) atoms. The maximum absolute atomic E-state index is 13.2. The monoisotopic (exact) mass is 397 g/mol. The van der Waals surface area contributed by atoms with Crippen LogP contribution in [0.1, 0.15) is 39.0 Å². The van der Waals surface area contributed by atoms with Gasteiger partial charge in [-0.05, 0) is 72.1 Å². The Morgan fingerprint density at radius 3 is 2.76 bits per heavy atom. The molecule has 1 aromatic carbocycles. The standard InChI is InChI=1S/C19H16BrN3O2/c1-11-18(23-10-15(20)4-6-17(23)21-11)19(25)22-8-7-14-9-13(12(2)24)3-5-16(14)22/h3-6,9-10H,7-8H2,1-2H3. The van der Waals surface area contributed by atoms with Gasteiger partial charge >= 0.3 is 0 Å². The van der Waals surface area contributed by atoms with E-state index in [9.17, 15) is 9.59 Å². The molecule has 3 heterocycles. The number of imidazole rings is 1. The molecule has 0 radical (unpaired) electrons. The molecule has 0 N–H and O–H groups in total. The van der Waals surface area contributed by atoms with Crippen LogP contribution in [0, 0.1) is 6.92 Å². The highest BCUT2D eigenvalue weighted by Crippen LogP contribution is 2.31. The summed E-state index contributed by atoms with van der Waals surface area (Å²) in [6.07, 6.45) is 2.61. The SMILES string of the molecule is CC(=O)c1ccc2c(c1)CCN2C(=O)c1c(C)nc2ccc(Br)cn12. The van der Waals surface area contributed by atoms with Crippen LogP contribution in [0.15, 0.2) is 41.0 Å². The summed E-state index contributed by atoms with van der Waals surface area (Å²) in [5, 5.41) is 0. The van der Waals surface area contributed by atoms with E-state index >= 15 is 0 Å². The third-order valence-electron chi connectivity index (χ3n) is 4.59. The van der Waals surface area contributed by atoms with Crippen molar-refractivity contribution < 1.29 is 9.59 Å². The average Bonchev–Trinajstić information content (AvgIpc) is 3.13. The van der Waals surface area contributed by atoms with Crippen LogP contribution in [0.4, 0.5) is 5.69 Å². The Morgan fingerprint density at radius 1 is 1.20 bits per heavy atom. The number of carbonyl (C=O) groups excluding carboxylic acids is 2. The summed E-state index contributed by atoms with van der Waals surface area (Å²) in [7, 11) is 0. The molecule has 1 aliphatic heterocycles. The minimum absolute atomic E-state index is 0.0371. The number of fused-ring (bicyclic) bond motifs is 2. The number of benzene rings is 1. The van der Waals surface area contributed by atoms with Crippen molar-refractivity contribution in [3.63, 3.8) is 0 Å². The first kappa shape index (κ1) is 16.0. The number of Topliss-reactive ketones (excluding diaryl/α,β-unsaturated/α-hetero) is 1. The van der Waals surface area contributed by atoms with Crippen molar-refractivity contribution in [2.75, 3.05) is 11.4 Å². The second kappa shape index (κ2) is 5.81. The van der Waals surface area contributed by atoms with Crippen LogP contribution >= 0.6 is 15.9 Å². The zero-order chi connectivity index (χ0) is 17.7. The van der Waals surface area contributed by atoms with Crippen molar-refractivity contribution in [3.05, 3.63) is 63.5 Å². The Morgan fingerprint density at radius 2 is 2.00 bits per heavy atom. The molecule has 0 aliphatic carbocycles. The minimum atomic E-state index is -0.0718. The molecule has 4 rings (SSSR count). The van der Waals surface area contributed by atoms with E-state index in [4.69, 9.17) is 0 Å². The van der Waals surface area contributed by atoms with Crippen LogP contribution in [0.2, 0.25) is 0 Å². The summed E-state index contributed by atoms with van der Waals surface area (Å²) in [5.41, 5.74) is 4.61. The normalized spacial score (nSPS) is 13.3. The Balaban J connectivity index is 1.78. The lowest BCUT2D eigenvalue weighted by Gasteiger charge is -2.18. The lowest BCUT2D eigenvalue weighted by molar-refractivity contribution is 0.0981. The highest BCUT2D eigenvalue weighted by atomic mass is 79.9. The van der Waals surface area contributed by atoms with E-state index in [1.54, 1.807) is 17.9 Å². The van der Waals surface area contributed by atoms with Gasteiger partial charge in [0.05, 0.1) is 5.69 Å². The summed E-state index contributed by atoms with van der Waals surface area (Å²) in [5.74, 6) is -0.0347. The first-order valence-corrected chi connectivity index (χ1v) is 8.85. The molecular formula is C19H16BrN3O2. The molecular weight excluding hydrogens is 382 g/mol. The predicted octanol–water partition coefficient (Wildman–Crippen LogP) is 3.81. The number of halogens is 1. The van der Waals surface area contributed by atoms with Crippen molar-refractivity contribution >= 4 is 39.0 Å². The van der Waals surface area contributed by atoms with Crippen molar-refractivity contribution in [2.24, 2.45) is 0 Å². The fraction of sp³-hybridized carbons (Fsp3) is 0.211. The quantitative estimate of drug-likeness (QED) is 0.617. The van der Waals surface area contributed by atoms with E-state index in [2.05, 4.69) is 20.9 Å². The topological polar surface area (TPSA) is 54.7 Å². The summed E-state index contributed by atoms with van der Waals surface area (Å²) < 4.78 is 2.71. The molecule has 1 amide bonds. The molecule has 0 saturated heterocycles. The number of ketones is 1. The fourth-order valence-electron chi connectivity index (χ4n) is 3.35. The van der Waals surface area contributed by atoms with Crippen LogP contribution < -0.4 is 4.90 Å². The van der Waals surface area contributed by atoms with Gasteiger partial charge < -0.3 is 4.90 Å². The van der Waals surface area contributed by atoms with E-state index in [-0.39, 0.29) is 11.7 Å². The van der Waals surface area contributed by atoms with Gasteiger partial charge in [0.2, 0.25) is 0 Å². The molecule has 6 heteroatoms. The molecule has 2 aromatic heterocycles. The molecule has 0 atom stereocenters. The zero-order valence-electron chi connectivity index (χ0n) is 13.9. The van der Waals surface area contributed by atoms with Crippen molar-refractivity contribution in [1.82, 2.24) is 9.38 Å². The summed E-state index contributed by atoms with van der Waals surface area (Å²) in [6, 6.07) is 9.33. The molecule has 0 bridgehead atoms. The van der Waals surface area contributed by atoms with Crippen LogP contribution in [0.25, 0.3) is 5.65 Å². The van der Waals surface area contributed by atoms with E-state index in [0.29, 0.717) is 23.5 Å². The van der Waals surface area contributed by atoms with Crippen molar-refractivity contribution in [2.45, 2.75) is 20.3 Å². The lowest BCUT2D eigenvalue weighted by Crippen LogP contribution is -2.30. The lowest BCUT2D eigenvalue weighted by atomic mass is 10.1. The van der Waals surface area contributed by atoms with E-state index < -0.39 is 0 Å². The summed E-state index contributed by atoms with van der Waals surface area (Å²) in [6.45, 7) is 4.01. The largest absolute Gasteiger partial charge is 0.306 e. The highest BCUT2D eigenvalue weighted by Gasteiger charge is 2.29. The minimum Gasteiger partial charge on any atom is -0.306 e. The second-order valence-corrected chi connectivity index (χ2v) is 7.14. The number of carbonyl (C=O) groups is 2. The molecule has 1 aliphatic rings. The number of anilines is 1. The van der Waals surface area contributed by atoms with Gasteiger partial charge in [0, 0.05) is 28.5 Å². The molecule has 0 fully saturated rings. The average molecular weight is 398 g/mol. The molecule has 3 aromatic rings. The third-order valence-corrected chi connectivity index (χ3v) is 5.06. The van der Waals surface area contributed by atoms with Gasteiger partial charge in [0.15, 0.2) is 5.78 Å². The first-order chi connectivity index (χ1) is 12.0. The maximum Gasteiger partial charge on any atom is 0.277 e. The van der Waals surface area contributed by atoms with Gasteiger partial charge in [0.1, 0.15) is 11.3 Å². The van der Waals surface area contributed by atoms with Crippen LogP contribution in [-0.2, 0) is 6.42 Å². The number of amides is 1. The molecule has 0 unspecified atom stereocenters. The number of hydrogen-bond donors (Lipinski definition) is 0. The number of rotatable bonds is 2. The molecule has 0 saturated carbocycles. The van der Waals surface area contributed by atoms with Gasteiger partial charge in [-0.3, -0.25) is 14.0 Å². The van der Waals surface area contributed by atoms with E-state index in [1.807, 2.05) is 41.8 Å². The van der Waals surface area contributed by atoms with Gasteiger partial charge in [-0.15, -0.1) is 0 Å². The number of aromatic nitrogens is 2. The van der Waals surface area contributed by atoms with Crippen LogP contribution in [0.5, 0.6) is 0 Å². The smallest absolute Gasteiger partial charge is 0.277 e. The highest BCUT2D eigenvalue weighted by molar-refractivity contribution is 9.10. The van der Waals surface area contributed by atoms with Crippen LogP contribution in [-0.4, -0.2) is 27.6 Å². The number of nitrogens with zero attached hydrogens (tertiary/aromatic N) is 3. The van der Waals surface area contributed by atoms with E-state index in [0.717, 1.165) is 27.8 Å². The van der Waals surface area contributed by atoms with E-state index in [1.165, 1.54) is 0 Å². The van der Waals surface area contributed by atoms with Crippen LogP contribution in [0.3, 0.4) is 0 Å². The Kier molecular flexibility index (Phi) is 3.72. The van der Waals surface area contributed by atoms with Gasteiger partial charge in [-0.2, -0.15) is 0 Å². The maximum atomic E-state index is 13.2. The Hall–Kier alpha value is -2.47. The Bertz CT molecular complexity index is 1040. The molecule has 126 valence electrons. The molecule has 0 spiro atoms. The molecule has 5 nitrogen and oxygen atoms in total. The zero-order valence-corrected chi connectivity index (χ0v) is 15.5. The second-order valence-electron chi connectivity index (χ2n) is 6.23. The number of aryl methyl sites for hydroxylation is 1. The number of pyridine rings is 1. The first-order valence-electron chi connectivity index (χ1n) is 8.05. The summed E-state index contributed by atoms with van der Waals surface area (Å²) in [4.78, 5) is 31.1. The number of hydrogen-bond acceptors (Lipinski definition) is 3. The summed E-state index contributed by atoms with van der Waals surface area (Å²) >= 11 is 3.45. The van der Waals surface area contributed by atoms with Gasteiger partial charge in [-0.1, -0.05) is 0 Å². The van der Waals surface area contributed by atoms with Gasteiger partial charge in [0.25, 0.3) is 5.91 Å². The van der Waals surface area contributed by atoms with Crippen molar-refractivity contribution in [3.8, 4) is 0 Å². The van der Waals surface area contributed by atoms with Crippen molar-refractivity contribution in [1.29, 1.82) is 0 Å².